The molecule has 4 rings (SSSR count). The van der Waals surface area contributed by atoms with Crippen LogP contribution in [0.1, 0.15) is 33.4 Å². The van der Waals surface area contributed by atoms with E-state index in [0.29, 0.717) is 22.7 Å². The molecule has 0 spiro atoms. The number of hydrogen-bond donors (Lipinski definition) is 1. The molecule has 0 saturated carbocycles. The molecule has 1 heterocycles. The van der Waals surface area contributed by atoms with Gasteiger partial charge in [0, 0.05) is 0 Å². The number of carbonyl (C=O) groups is 3. The molecule has 1 saturated heterocycles. The average Bonchev–Trinajstić information content (AvgIpc) is 2.85. The van der Waals surface area contributed by atoms with E-state index in [-0.39, 0.29) is 17.2 Å². The van der Waals surface area contributed by atoms with E-state index < -0.39 is 17.8 Å². The summed E-state index contributed by atoms with van der Waals surface area (Å²) in [4.78, 5) is 39.5. The molecule has 4 amide bonds. The van der Waals surface area contributed by atoms with Crippen molar-refractivity contribution >= 4 is 41.2 Å². The van der Waals surface area contributed by atoms with Gasteiger partial charge in [0.05, 0.1) is 17.8 Å². The van der Waals surface area contributed by atoms with Crippen LogP contribution in [0.3, 0.4) is 0 Å². The molecule has 190 valence electrons. The highest BCUT2D eigenvalue weighted by atomic mass is 35.5. The van der Waals surface area contributed by atoms with Crippen molar-refractivity contribution in [2.75, 3.05) is 12.0 Å². The molecule has 37 heavy (non-hydrogen) atoms. The second-order valence-corrected chi connectivity index (χ2v) is 9.33. The Bertz CT molecular complexity index is 1460. The minimum absolute atomic E-state index is 0.206. The van der Waals surface area contributed by atoms with Crippen molar-refractivity contribution in [2.45, 2.75) is 34.3 Å². The predicted octanol–water partition coefficient (Wildman–Crippen LogP) is 5.83. The summed E-state index contributed by atoms with van der Waals surface area (Å²) in [7, 11) is 1.48. The van der Waals surface area contributed by atoms with Gasteiger partial charge in [-0.05, 0) is 85.4 Å². The average molecular weight is 519 g/mol. The molecule has 1 fully saturated rings. The molecule has 3 aromatic carbocycles. The van der Waals surface area contributed by atoms with Crippen molar-refractivity contribution in [1.82, 2.24) is 5.32 Å². The first-order chi connectivity index (χ1) is 17.6. The Kier molecular flexibility index (Phi) is 7.36. The predicted molar refractivity (Wildman–Crippen MR) is 143 cm³/mol. The fourth-order valence-electron chi connectivity index (χ4n) is 4.03. The van der Waals surface area contributed by atoms with Gasteiger partial charge in [0.2, 0.25) is 0 Å². The number of methoxy groups -OCH3 is 1. The van der Waals surface area contributed by atoms with Crippen molar-refractivity contribution in [1.29, 1.82) is 0 Å². The van der Waals surface area contributed by atoms with E-state index in [0.717, 1.165) is 27.2 Å². The lowest BCUT2D eigenvalue weighted by molar-refractivity contribution is -0.122. The summed E-state index contributed by atoms with van der Waals surface area (Å²) >= 11 is 6.53. The van der Waals surface area contributed by atoms with Crippen molar-refractivity contribution in [3.63, 3.8) is 0 Å². The van der Waals surface area contributed by atoms with Crippen LogP contribution in [0.25, 0.3) is 6.08 Å². The van der Waals surface area contributed by atoms with Gasteiger partial charge in [0.15, 0.2) is 11.5 Å². The summed E-state index contributed by atoms with van der Waals surface area (Å²) in [6.45, 7) is 8.05. The van der Waals surface area contributed by atoms with Gasteiger partial charge in [0.25, 0.3) is 11.8 Å². The Balaban J connectivity index is 1.65. The van der Waals surface area contributed by atoms with Gasteiger partial charge in [-0.25, -0.2) is 9.69 Å². The molecule has 1 aliphatic heterocycles. The minimum Gasteiger partial charge on any atom is -0.493 e. The van der Waals surface area contributed by atoms with E-state index in [4.69, 9.17) is 21.1 Å². The molecule has 8 heteroatoms. The van der Waals surface area contributed by atoms with E-state index in [1.54, 1.807) is 24.3 Å². The molecule has 0 radical (unpaired) electrons. The SMILES string of the molecule is COc1cc(/C=C2\C(=O)NC(=O)N(c3cccc(C)c3C)C2=O)cc(Cl)c1OCc1ccc(C)c(C)c1. The molecule has 0 aromatic heterocycles. The number of rotatable bonds is 6. The molecule has 3 aromatic rings. The maximum atomic E-state index is 13.3. The molecule has 7 nitrogen and oxygen atoms in total. The fraction of sp³-hybridized carbons (Fsp3) is 0.207. The number of aryl methyl sites for hydroxylation is 3. The van der Waals surface area contributed by atoms with E-state index in [9.17, 15) is 14.4 Å². The number of carbonyl (C=O) groups excluding carboxylic acids is 3. The van der Waals surface area contributed by atoms with Crippen LogP contribution in [0.5, 0.6) is 11.5 Å². The quantitative estimate of drug-likeness (QED) is 0.328. The molecule has 0 aliphatic carbocycles. The third kappa shape index (κ3) is 5.22. The van der Waals surface area contributed by atoms with Gasteiger partial charge < -0.3 is 9.47 Å². The number of halogens is 1. The molecule has 0 unspecified atom stereocenters. The first-order valence-electron chi connectivity index (χ1n) is 11.6. The molecule has 1 aliphatic rings. The number of urea groups is 1. The van der Waals surface area contributed by atoms with Crippen LogP contribution >= 0.6 is 11.6 Å². The van der Waals surface area contributed by atoms with E-state index in [2.05, 4.69) is 5.32 Å². The number of nitrogens with one attached hydrogen (secondary N) is 1. The van der Waals surface area contributed by atoms with Crippen LogP contribution < -0.4 is 19.7 Å². The highest BCUT2D eigenvalue weighted by Gasteiger charge is 2.37. The fourth-order valence-corrected chi connectivity index (χ4v) is 4.31. The van der Waals surface area contributed by atoms with Crippen LogP contribution in [-0.2, 0) is 16.2 Å². The second-order valence-electron chi connectivity index (χ2n) is 8.92. The largest absolute Gasteiger partial charge is 0.493 e. The molecule has 0 atom stereocenters. The Labute approximate surface area is 220 Å². The number of imide groups is 2. The number of ether oxygens (including phenoxy) is 2. The van der Waals surface area contributed by atoms with Gasteiger partial charge in [0.1, 0.15) is 12.2 Å². The summed E-state index contributed by atoms with van der Waals surface area (Å²) in [6.07, 6.45) is 1.38. The molecular formula is C29H27ClN2O5. The van der Waals surface area contributed by atoms with Gasteiger partial charge in [-0.1, -0.05) is 41.9 Å². The van der Waals surface area contributed by atoms with Crippen LogP contribution in [-0.4, -0.2) is 25.0 Å². The highest BCUT2D eigenvalue weighted by molar-refractivity contribution is 6.39. The zero-order chi connectivity index (χ0) is 26.9. The van der Waals surface area contributed by atoms with Crippen LogP contribution in [0.4, 0.5) is 10.5 Å². The van der Waals surface area contributed by atoms with Gasteiger partial charge >= 0.3 is 6.03 Å². The maximum absolute atomic E-state index is 13.3. The number of hydrogen-bond acceptors (Lipinski definition) is 5. The number of anilines is 1. The van der Waals surface area contributed by atoms with Crippen LogP contribution in [0.15, 0.2) is 54.1 Å². The second kappa shape index (κ2) is 10.5. The minimum atomic E-state index is -0.799. The summed E-state index contributed by atoms with van der Waals surface area (Å²) in [5.74, 6) is -0.834. The number of benzene rings is 3. The lowest BCUT2D eigenvalue weighted by Gasteiger charge is -2.28. The first-order valence-corrected chi connectivity index (χ1v) is 12.0. The topological polar surface area (TPSA) is 84.9 Å². The van der Waals surface area contributed by atoms with Crippen LogP contribution in [0, 0.1) is 27.7 Å². The Morgan fingerprint density at radius 2 is 1.70 bits per heavy atom. The maximum Gasteiger partial charge on any atom is 0.335 e. The van der Waals surface area contributed by atoms with E-state index >= 15 is 0 Å². The Hall–Kier alpha value is -4.10. The Morgan fingerprint density at radius 3 is 2.41 bits per heavy atom. The third-order valence-corrected chi connectivity index (χ3v) is 6.72. The van der Waals surface area contributed by atoms with Gasteiger partial charge in [-0.2, -0.15) is 0 Å². The monoisotopic (exact) mass is 518 g/mol. The lowest BCUT2D eigenvalue weighted by Crippen LogP contribution is -2.54. The number of nitrogens with zero attached hydrogens (tertiary/aromatic N) is 1. The normalized spacial score (nSPS) is 14.7. The van der Waals surface area contributed by atoms with Gasteiger partial charge in [-0.3, -0.25) is 14.9 Å². The standard InChI is InChI=1S/C29H27ClN2O5/c1-16-9-10-20(11-18(16)3)15-37-26-23(30)13-21(14-25(26)36-5)12-22-27(33)31-29(35)32(28(22)34)24-8-6-7-17(2)19(24)4/h6-14H,15H2,1-5H3,(H,31,33,35)/b22-12+. The van der Waals surface area contributed by atoms with Crippen LogP contribution in [0.2, 0.25) is 5.02 Å². The van der Waals surface area contributed by atoms with Crippen molar-refractivity contribution in [2.24, 2.45) is 0 Å². The zero-order valence-corrected chi connectivity index (χ0v) is 22.0. The van der Waals surface area contributed by atoms with Gasteiger partial charge in [-0.15, -0.1) is 0 Å². The van der Waals surface area contributed by atoms with E-state index in [1.807, 2.05) is 52.0 Å². The number of barbiturate groups is 1. The highest BCUT2D eigenvalue weighted by Crippen LogP contribution is 2.38. The van der Waals surface area contributed by atoms with Crippen molar-refractivity contribution < 1.29 is 23.9 Å². The molecular weight excluding hydrogens is 492 g/mol. The summed E-state index contributed by atoms with van der Waals surface area (Å²) in [5, 5.41) is 2.50. The lowest BCUT2D eigenvalue weighted by atomic mass is 10.0. The third-order valence-electron chi connectivity index (χ3n) is 6.44. The van der Waals surface area contributed by atoms with E-state index in [1.165, 1.54) is 18.7 Å². The Morgan fingerprint density at radius 1 is 0.946 bits per heavy atom. The summed E-state index contributed by atoms with van der Waals surface area (Å²) in [6, 6.07) is 13.7. The zero-order valence-electron chi connectivity index (χ0n) is 21.3. The summed E-state index contributed by atoms with van der Waals surface area (Å²) < 4.78 is 11.5. The van der Waals surface area contributed by atoms with Crippen molar-refractivity contribution in [3.05, 3.63) is 92.5 Å². The molecule has 1 N–H and O–H groups in total. The first kappa shape index (κ1) is 26.0. The smallest absolute Gasteiger partial charge is 0.335 e. The summed E-state index contributed by atoms with van der Waals surface area (Å²) in [5.41, 5.74) is 5.64. The molecule has 0 bridgehead atoms. The number of amides is 4. The van der Waals surface area contributed by atoms with Crippen molar-refractivity contribution in [3.8, 4) is 11.5 Å².